The molecule has 3 nitrogen and oxygen atoms in total. The second-order valence-corrected chi connectivity index (χ2v) is 5.34. The predicted octanol–water partition coefficient (Wildman–Crippen LogP) is 2.43. The summed E-state index contributed by atoms with van der Waals surface area (Å²) in [4.78, 5) is 2.21. The molecule has 3 heteroatoms. The van der Waals surface area contributed by atoms with Crippen molar-refractivity contribution in [1.29, 1.82) is 0 Å². The van der Waals surface area contributed by atoms with Crippen LogP contribution in [-0.2, 0) is 6.54 Å². The summed E-state index contributed by atoms with van der Waals surface area (Å²) in [5.74, 6) is 0.974. The van der Waals surface area contributed by atoms with E-state index in [1.54, 1.807) is 6.26 Å². The molecule has 1 aromatic heterocycles. The van der Waals surface area contributed by atoms with Crippen LogP contribution in [-0.4, -0.2) is 29.7 Å². The van der Waals surface area contributed by atoms with Gasteiger partial charge < -0.3 is 14.4 Å². The third kappa shape index (κ3) is 3.35. The van der Waals surface area contributed by atoms with Gasteiger partial charge >= 0.3 is 0 Å². The minimum Gasteiger partial charge on any atom is -0.469 e. The van der Waals surface area contributed by atoms with Crippen molar-refractivity contribution < 1.29 is 9.52 Å². The molecule has 1 N–H and O–H groups in total. The second kappa shape index (κ2) is 5.02. The normalized spacial score (nSPS) is 14.4. The van der Waals surface area contributed by atoms with Crippen LogP contribution in [0.3, 0.4) is 0 Å². The van der Waals surface area contributed by atoms with Crippen molar-refractivity contribution in [1.82, 2.24) is 4.90 Å². The van der Waals surface area contributed by atoms with Gasteiger partial charge in [-0.15, -0.1) is 0 Å². The van der Waals surface area contributed by atoms with E-state index in [4.69, 9.17) is 4.42 Å². The zero-order chi connectivity index (χ0) is 12.3. The summed E-state index contributed by atoms with van der Waals surface area (Å²) in [6, 6.07) is 2.00. The van der Waals surface area contributed by atoms with Gasteiger partial charge in [0.15, 0.2) is 0 Å². The van der Waals surface area contributed by atoms with Crippen molar-refractivity contribution in [3.63, 3.8) is 0 Å². The molecular formula is C13H23NO2. The smallest absolute Gasteiger partial charge is 0.105 e. The average Bonchev–Trinajstić information content (AvgIpc) is 2.50. The SMILES string of the molecule is Cc1occc1CN(C)CC(C)(C)C(C)O. The Bertz CT molecular complexity index is 328. The minimum absolute atomic E-state index is 0.0909. The van der Waals surface area contributed by atoms with Crippen LogP contribution in [0.15, 0.2) is 16.7 Å². The Morgan fingerprint density at radius 3 is 2.56 bits per heavy atom. The number of rotatable bonds is 5. The monoisotopic (exact) mass is 225 g/mol. The van der Waals surface area contributed by atoms with Crippen molar-refractivity contribution in [3.05, 3.63) is 23.7 Å². The van der Waals surface area contributed by atoms with Gasteiger partial charge in [-0.1, -0.05) is 13.8 Å². The second-order valence-electron chi connectivity index (χ2n) is 5.34. The largest absolute Gasteiger partial charge is 0.469 e. The first-order valence-corrected chi connectivity index (χ1v) is 5.72. The van der Waals surface area contributed by atoms with Crippen LogP contribution in [0.1, 0.15) is 32.1 Å². The number of hydrogen-bond acceptors (Lipinski definition) is 3. The standard InChI is InChI=1S/C13H23NO2/c1-10-12(6-7-16-10)8-14(5)9-13(3,4)11(2)15/h6-7,11,15H,8-9H2,1-5H3. The molecule has 1 aromatic rings. The van der Waals surface area contributed by atoms with Crippen molar-refractivity contribution >= 4 is 0 Å². The molecule has 0 saturated carbocycles. The molecule has 0 radical (unpaired) electrons. The maximum atomic E-state index is 9.66. The molecule has 0 bridgehead atoms. The molecular weight excluding hydrogens is 202 g/mol. The molecule has 1 unspecified atom stereocenters. The first-order valence-electron chi connectivity index (χ1n) is 5.72. The van der Waals surface area contributed by atoms with Gasteiger partial charge in [-0.25, -0.2) is 0 Å². The number of aliphatic hydroxyl groups excluding tert-OH is 1. The lowest BCUT2D eigenvalue weighted by atomic mass is 9.87. The van der Waals surface area contributed by atoms with Gasteiger partial charge in [0, 0.05) is 24.1 Å². The number of aliphatic hydroxyl groups is 1. The summed E-state index contributed by atoms with van der Waals surface area (Å²) in [7, 11) is 2.07. The average molecular weight is 225 g/mol. The lowest BCUT2D eigenvalue weighted by Gasteiger charge is -2.32. The molecule has 0 fully saturated rings. The fourth-order valence-corrected chi connectivity index (χ4v) is 1.75. The molecule has 1 rings (SSSR count). The minimum atomic E-state index is -0.305. The third-order valence-corrected chi connectivity index (χ3v) is 3.21. The number of hydrogen-bond donors (Lipinski definition) is 1. The van der Waals surface area contributed by atoms with E-state index in [9.17, 15) is 5.11 Å². The van der Waals surface area contributed by atoms with E-state index in [1.807, 2.05) is 19.9 Å². The van der Waals surface area contributed by atoms with E-state index in [0.29, 0.717) is 0 Å². The summed E-state index contributed by atoms with van der Waals surface area (Å²) in [5, 5.41) is 9.66. The molecule has 0 amide bonds. The van der Waals surface area contributed by atoms with Gasteiger partial charge in [-0.2, -0.15) is 0 Å². The van der Waals surface area contributed by atoms with E-state index in [0.717, 1.165) is 18.8 Å². The third-order valence-electron chi connectivity index (χ3n) is 3.21. The van der Waals surface area contributed by atoms with E-state index in [-0.39, 0.29) is 11.5 Å². The molecule has 0 spiro atoms. The Morgan fingerprint density at radius 1 is 1.50 bits per heavy atom. The Morgan fingerprint density at radius 2 is 2.12 bits per heavy atom. The van der Waals surface area contributed by atoms with Crippen LogP contribution in [0.2, 0.25) is 0 Å². The molecule has 0 saturated heterocycles. The lowest BCUT2D eigenvalue weighted by Crippen LogP contribution is -2.38. The van der Waals surface area contributed by atoms with Gasteiger partial charge in [-0.3, -0.25) is 0 Å². The highest BCUT2D eigenvalue weighted by Gasteiger charge is 2.25. The highest BCUT2D eigenvalue weighted by atomic mass is 16.3. The maximum Gasteiger partial charge on any atom is 0.105 e. The molecule has 0 aliphatic carbocycles. The molecule has 0 aromatic carbocycles. The predicted molar refractivity (Wildman–Crippen MR) is 65.2 cm³/mol. The first-order chi connectivity index (χ1) is 7.33. The Balaban J connectivity index is 2.54. The van der Waals surface area contributed by atoms with Gasteiger partial charge in [0.1, 0.15) is 5.76 Å². The van der Waals surface area contributed by atoms with Crippen molar-refractivity contribution in [2.45, 2.75) is 40.3 Å². The maximum absolute atomic E-state index is 9.66. The molecule has 0 aliphatic heterocycles. The Labute approximate surface area is 98.1 Å². The fourth-order valence-electron chi connectivity index (χ4n) is 1.75. The molecule has 16 heavy (non-hydrogen) atoms. The zero-order valence-electron chi connectivity index (χ0n) is 10.9. The van der Waals surface area contributed by atoms with Gasteiger partial charge in [-0.05, 0) is 27.0 Å². The van der Waals surface area contributed by atoms with E-state index < -0.39 is 0 Å². The Hall–Kier alpha value is -0.800. The molecule has 1 atom stereocenters. The molecule has 1 heterocycles. The van der Waals surface area contributed by atoms with E-state index in [1.165, 1.54) is 5.56 Å². The molecule has 92 valence electrons. The van der Waals surface area contributed by atoms with Crippen LogP contribution in [0.5, 0.6) is 0 Å². The zero-order valence-corrected chi connectivity index (χ0v) is 10.9. The number of nitrogens with zero attached hydrogens (tertiary/aromatic N) is 1. The van der Waals surface area contributed by atoms with Gasteiger partial charge in [0.05, 0.1) is 12.4 Å². The van der Waals surface area contributed by atoms with Crippen LogP contribution >= 0.6 is 0 Å². The highest BCUT2D eigenvalue weighted by molar-refractivity contribution is 5.15. The summed E-state index contributed by atoms with van der Waals surface area (Å²) in [6.07, 6.45) is 1.42. The van der Waals surface area contributed by atoms with Crippen LogP contribution in [0, 0.1) is 12.3 Å². The van der Waals surface area contributed by atoms with Gasteiger partial charge in [0.25, 0.3) is 0 Å². The van der Waals surface area contributed by atoms with Crippen molar-refractivity contribution in [2.75, 3.05) is 13.6 Å². The Kier molecular flexibility index (Phi) is 4.16. The highest BCUT2D eigenvalue weighted by Crippen LogP contribution is 2.22. The van der Waals surface area contributed by atoms with Gasteiger partial charge in [0.2, 0.25) is 0 Å². The van der Waals surface area contributed by atoms with Crippen LogP contribution < -0.4 is 0 Å². The van der Waals surface area contributed by atoms with Crippen LogP contribution in [0.25, 0.3) is 0 Å². The number of aryl methyl sites for hydroxylation is 1. The summed E-state index contributed by atoms with van der Waals surface area (Å²) in [5.41, 5.74) is 1.12. The summed E-state index contributed by atoms with van der Waals surface area (Å²) < 4.78 is 5.27. The topological polar surface area (TPSA) is 36.6 Å². The number of furan rings is 1. The van der Waals surface area contributed by atoms with Crippen molar-refractivity contribution in [2.24, 2.45) is 5.41 Å². The fraction of sp³-hybridized carbons (Fsp3) is 0.692. The quantitative estimate of drug-likeness (QED) is 0.836. The van der Waals surface area contributed by atoms with Crippen molar-refractivity contribution in [3.8, 4) is 0 Å². The lowest BCUT2D eigenvalue weighted by molar-refractivity contribution is 0.0391. The van der Waals surface area contributed by atoms with E-state index >= 15 is 0 Å². The van der Waals surface area contributed by atoms with Crippen LogP contribution in [0.4, 0.5) is 0 Å². The summed E-state index contributed by atoms with van der Waals surface area (Å²) in [6.45, 7) is 9.69. The first kappa shape index (κ1) is 13.3. The summed E-state index contributed by atoms with van der Waals surface area (Å²) >= 11 is 0. The van der Waals surface area contributed by atoms with E-state index in [2.05, 4.69) is 25.8 Å². The molecule has 0 aliphatic rings.